The minimum absolute atomic E-state index is 0.0857. The second-order valence-corrected chi connectivity index (χ2v) is 6.20. The van der Waals surface area contributed by atoms with Crippen LogP contribution in [0.15, 0.2) is 58.3 Å². The van der Waals surface area contributed by atoms with E-state index in [-0.39, 0.29) is 11.2 Å². The second kappa shape index (κ2) is 7.15. The summed E-state index contributed by atoms with van der Waals surface area (Å²) in [7, 11) is 0. The van der Waals surface area contributed by atoms with Gasteiger partial charge in [0.05, 0.1) is 18.1 Å². The normalized spacial score (nSPS) is 12.0. The third-order valence-electron chi connectivity index (χ3n) is 3.18. The summed E-state index contributed by atoms with van der Waals surface area (Å²) in [4.78, 5) is 16.5. The molecule has 0 aliphatic carbocycles. The quantitative estimate of drug-likeness (QED) is 0.680. The highest BCUT2D eigenvalue weighted by Crippen LogP contribution is 2.22. The molecule has 2 aromatic heterocycles. The summed E-state index contributed by atoms with van der Waals surface area (Å²) in [6.07, 6.45) is 1.58. The Bertz CT molecular complexity index is 756. The number of aromatic nitrogens is 3. The highest BCUT2D eigenvalue weighted by Gasteiger charge is 2.17. The first-order chi connectivity index (χ1) is 11.2. The van der Waals surface area contributed by atoms with Crippen molar-refractivity contribution >= 4 is 17.7 Å². The van der Waals surface area contributed by atoms with E-state index in [0.717, 1.165) is 11.3 Å². The van der Waals surface area contributed by atoms with Gasteiger partial charge >= 0.3 is 0 Å². The van der Waals surface area contributed by atoms with Crippen LogP contribution in [0.25, 0.3) is 11.4 Å². The van der Waals surface area contributed by atoms with Gasteiger partial charge in [0.1, 0.15) is 5.76 Å². The number of hydrogen-bond acceptors (Lipinski definition) is 5. The minimum atomic E-state index is -0.301. The van der Waals surface area contributed by atoms with Gasteiger partial charge in [-0.3, -0.25) is 9.89 Å². The predicted molar refractivity (Wildman–Crippen MR) is 87.7 cm³/mol. The Balaban J connectivity index is 1.56. The fourth-order valence-corrected chi connectivity index (χ4v) is 2.72. The molecule has 2 N–H and O–H groups in total. The standard InChI is InChI=1S/C16H16N4O2S/c1-11(15(21)17-10-13-8-5-9-22-13)23-16-18-14(19-20-16)12-6-3-2-4-7-12/h2-9,11H,10H2,1H3,(H,17,21)(H,18,19,20)/t11-/m0/s1. The van der Waals surface area contributed by atoms with Gasteiger partial charge in [0, 0.05) is 5.56 Å². The number of furan rings is 1. The lowest BCUT2D eigenvalue weighted by Gasteiger charge is -2.08. The Hall–Kier alpha value is -2.54. The number of amides is 1. The van der Waals surface area contributed by atoms with Crippen molar-refractivity contribution in [2.24, 2.45) is 0 Å². The average Bonchev–Trinajstić information content (AvgIpc) is 3.25. The van der Waals surface area contributed by atoms with E-state index in [1.54, 1.807) is 12.3 Å². The lowest BCUT2D eigenvalue weighted by molar-refractivity contribution is -0.120. The first-order valence-corrected chi connectivity index (χ1v) is 8.05. The van der Waals surface area contributed by atoms with Gasteiger partial charge in [-0.05, 0) is 19.1 Å². The third-order valence-corrected chi connectivity index (χ3v) is 4.14. The van der Waals surface area contributed by atoms with E-state index in [1.165, 1.54) is 11.8 Å². The molecule has 1 aromatic carbocycles. The third kappa shape index (κ3) is 4.01. The van der Waals surface area contributed by atoms with Gasteiger partial charge in [-0.2, -0.15) is 0 Å². The molecule has 0 radical (unpaired) electrons. The van der Waals surface area contributed by atoms with Crippen molar-refractivity contribution in [1.82, 2.24) is 20.5 Å². The maximum absolute atomic E-state index is 12.1. The molecule has 0 aliphatic rings. The van der Waals surface area contributed by atoms with E-state index in [2.05, 4.69) is 20.5 Å². The smallest absolute Gasteiger partial charge is 0.233 e. The molecule has 0 saturated carbocycles. The summed E-state index contributed by atoms with van der Waals surface area (Å²) in [5.41, 5.74) is 0.960. The van der Waals surface area contributed by atoms with Crippen LogP contribution in [0.1, 0.15) is 12.7 Å². The lowest BCUT2D eigenvalue weighted by Crippen LogP contribution is -2.30. The molecule has 2 heterocycles. The Morgan fingerprint density at radius 3 is 2.87 bits per heavy atom. The monoisotopic (exact) mass is 328 g/mol. The highest BCUT2D eigenvalue weighted by molar-refractivity contribution is 8.00. The van der Waals surface area contributed by atoms with E-state index in [4.69, 9.17) is 4.42 Å². The molecule has 1 atom stereocenters. The van der Waals surface area contributed by atoms with Crippen molar-refractivity contribution in [3.05, 3.63) is 54.5 Å². The van der Waals surface area contributed by atoms with Crippen LogP contribution in [0.2, 0.25) is 0 Å². The van der Waals surface area contributed by atoms with Crippen molar-refractivity contribution in [1.29, 1.82) is 0 Å². The second-order valence-electron chi connectivity index (χ2n) is 4.89. The zero-order chi connectivity index (χ0) is 16.1. The Morgan fingerprint density at radius 1 is 1.30 bits per heavy atom. The number of nitrogens with zero attached hydrogens (tertiary/aromatic N) is 2. The number of hydrogen-bond donors (Lipinski definition) is 2. The van der Waals surface area contributed by atoms with Gasteiger partial charge in [0.2, 0.25) is 11.1 Å². The van der Waals surface area contributed by atoms with E-state index < -0.39 is 0 Å². The van der Waals surface area contributed by atoms with Crippen LogP contribution in [-0.4, -0.2) is 26.3 Å². The summed E-state index contributed by atoms with van der Waals surface area (Å²) in [5.74, 6) is 1.33. The molecule has 0 aliphatic heterocycles. The van der Waals surface area contributed by atoms with Gasteiger partial charge in [-0.15, -0.1) is 5.10 Å². The van der Waals surface area contributed by atoms with Crippen molar-refractivity contribution < 1.29 is 9.21 Å². The minimum Gasteiger partial charge on any atom is -0.467 e. The summed E-state index contributed by atoms with van der Waals surface area (Å²) >= 11 is 1.31. The average molecular weight is 328 g/mol. The molecular formula is C16H16N4O2S. The van der Waals surface area contributed by atoms with E-state index >= 15 is 0 Å². The lowest BCUT2D eigenvalue weighted by atomic mass is 10.2. The SMILES string of the molecule is C[C@H](Sc1n[nH]c(-c2ccccc2)n1)C(=O)NCc1ccco1. The maximum Gasteiger partial charge on any atom is 0.233 e. The fraction of sp³-hybridized carbons (Fsp3) is 0.188. The number of aromatic amines is 1. The molecule has 6 nitrogen and oxygen atoms in total. The van der Waals surface area contributed by atoms with Crippen LogP contribution in [0.5, 0.6) is 0 Å². The van der Waals surface area contributed by atoms with Crippen molar-refractivity contribution in [2.75, 3.05) is 0 Å². The molecule has 1 amide bonds. The Labute approximate surface area is 137 Å². The van der Waals surface area contributed by atoms with Crippen LogP contribution in [0.4, 0.5) is 0 Å². The molecule has 0 unspecified atom stereocenters. The first-order valence-electron chi connectivity index (χ1n) is 7.17. The molecule has 3 rings (SSSR count). The van der Waals surface area contributed by atoms with Crippen LogP contribution < -0.4 is 5.32 Å². The topological polar surface area (TPSA) is 83.8 Å². The number of rotatable bonds is 6. The number of nitrogens with one attached hydrogen (secondary N) is 2. The van der Waals surface area contributed by atoms with E-state index in [0.29, 0.717) is 17.5 Å². The van der Waals surface area contributed by atoms with Gasteiger partial charge < -0.3 is 9.73 Å². The number of carbonyl (C=O) groups excluding carboxylic acids is 1. The van der Waals surface area contributed by atoms with Gasteiger partial charge in [0.25, 0.3) is 0 Å². The molecule has 0 bridgehead atoms. The Morgan fingerprint density at radius 2 is 2.13 bits per heavy atom. The van der Waals surface area contributed by atoms with Gasteiger partial charge in [-0.1, -0.05) is 42.1 Å². The number of carbonyl (C=O) groups is 1. The number of benzene rings is 1. The Kier molecular flexibility index (Phi) is 4.77. The van der Waals surface area contributed by atoms with Crippen molar-refractivity contribution in [3.8, 4) is 11.4 Å². The zero-order valence-electron chi connectivity index (χ0n) is 12.5. The van der Waals surface area contributed by atoms with Crippen LogP contribution >= 0.6 is 11.8 Å². The zero-order valence-corrected chi connectivity index (χ0v) is 13.3. The summed E-state index contributed by atoms with van der Waals surface area (Å²) < 4.78 is 5.18. The summed E-state index contributed by atoms with van der Waals surface area (Å²) in [6, 6.07) is 13.3. The first kappa shape index (κ1) is 15.4. The van der Waals surface area contributed by atoms with Gasteiger partial charge in [-0.25, -0.2) is 4.98 Å². The molecule has 0 fully saturated rings. The fourth-order valence-electron chi connectivity index (χ4n) is 1.97. The molecular weight excluding hydrogens is 312 g/mol. The molecule has 118 valence electrons. The summed E-state index contributed by atoms with van der Waals surface area (Å²) in [5, 5.41) is 10.1. The molecule has 0 saturated heterocycles. The van der Waals surface area contributed by atoms with Crippen LogP contribution in [0, 0.1) is 0 Å². The van der Waals surface area contributed by atoms with Crippen LogP contribution in [0.3, 0.4) is 0 Å². The largest absolute Gasteiger partial charge is 0.467 e. The molecule has 7 heteroatoms. The van der Waals surface area contributed by atoms with Gasteiger partial charge in [0.15, 0.2) is 5.82 Å². The van der Waals surface area contributed by atoms with Crippen molar-refractivity contribution in [2.45, 2.75) is 23.9 Å². The van der Waals surface area contributed by atoms with Crippen LogP contribution in [-0.2, 0) is 11.3 Å². The predicted octanol–water partition coefficient (Wildman–Crippen LogP) is 2.86. The molecule has 0 spiro atoms. The van der Waals surface area contributed by atoms with Crippen molar-refractivity contribution in [3.63, 3.8) is 0 Å². The highest BCUT2D eigenvalue weighted by atomic mass is 32.2. The maximum atomic E-state index is 12.1. The number of thioether (sulfide) groups is 1. The summed E-state index contributed by atoms with van der Waals surface area (Å²) in [6.45, 7) is 2.20. The number of H-pyrrole nitrogens is 1. The van der Waals surface area contributed by atoms with E-state index in [9.17, 15) is 4.79 Å². The molecule has 3 aromatic rings. The molecule has 23 heavy (non-hydrogen) atoms. The van der Waals surface area contributed by atoms with E-state index in [1.807, 2.05) is 43.3 Å².